The standard InChI is InChI=1S/C40H57N5O6Si/c1-11-48-36(46)13-12-21-44-25-31-30(32(31)26-44)19-16-28-14-17-29(18-15-28)35-23-33(43-50-35)34(24-42-38(47)49-39(3,4)5)45-22-20-41-37(45)27(2)51-52(9,10)40(6,7)8/h14-15,17-18,20,22-23,27,30-32,34H,11-13,21,24-26H2,1-10H3,(H,42,47)/t27-,30-,31+,32-,34+/m0/s1. The number of fused-ring (bicyclic) bond motifs is 1. The van der Waals surface area contributed by atoms with Crippen molar-refractivity contribution in [2.75, 3.05) is 32.8 Å². The van der Waals surface area contributed by atoms with Crippen molar-refractivity contribution in [1.82, 2.24) is 24.9 Å². The lowest BCUT2D eigenvalue weighted by atomic mass is 10.1. The molecular weight excluding hydrogens is 675 g/mol. The number of nitrogens with one attached hydrogen (secondary N) is 1. The molecule has 11 nitrogen and oxygen atoms in total. The minimum absolute atomic E-state index is 0.0333. The van der Waals surface area contributed by atoms with E-state index in [0.29, 0.717) is 42.2 Å². The third-order valence-corrected chi connectivity index (χ3v) is 14.9. The molecule has 52 heavy (non-hydrogen) atoms. The van der Waals surface area contributed by atoms with Gasteiger partial charge in [-0.15, -0.1) is 0 Å². The molecule has 12 heteroatoms. The summed E-state index contributed by atoms with van der Waals surface area (Å²) in [4.78, 5) is 31.5. The Balaban J connectivity index is 1.25. The van der Waals surface area contributed by atoms with Gasteiger partial charge in [0.1, 0.15) is 23.2 Å². The van der Waals surface area contributed by atoms with Gasteiger partial charge in [0.25, 0.3) is 0 Å². The first kappa shape index (κ1) is 39.3. The molecule has 1 aliphatic carbocycles. The summed E-state index contributed by atoms with van der Waals surface area (Å²) in [5.74, 6) is 9.82. The predicted molar refractivity (Wildman–Crippen MR) is 203 cm³/mol. The molecule has 0 radical (unpaired) electrons. The minimum atomic E-state index is -2.10. The van der Waals surface area contributed by atoms with Crippen molar-refractivity contribution in [3.05, 3.63) is 59.8 Å². The fourth-order valence-electron chi connectivity index (χ4n) is 6.57. The topological polar surface area (TPSA) is 121 Å². The third kappa shape index (κ3) is 9.93. The van der Waals surface area contributed by atoms with Crippen molar-refractivity contribution < 1.29 is 28.0 Å². The van der Waals surface area contributed by atoms with E-state index in [1.54, 1.807) is 6.20 Å². The molecule has 3 aromatic rings. The molecular formula is C40H57N5O6Si. The summed E-state index contributed by atoms with van der Waals surface area (Å²) in [6.45, 7) is 24.2. The summed E-state index contributed by atoms with van der Waals surface area (Å²) in [5, 5.41) is 7.44. The van der Waals surface area contributed by atoms with Gasteiger partial charge in [0.05, 0.1) is 12.6 Å². The van der Waals surface area contributed by atoms with Crippen LogP contribution in [0.25, 0.3) is 11.3 Å². The van der Waals surface area contributed by atoms with Crippen LogP contribution in [0.2, 0.25) is 18.1 Å². The van der Waals surface area contributed by atoms with Crippen LogP contribution in [0.15, 0.2) is 47.2 Å². The zero-order valence-corrected chi connectivity index (χ0v) is 33.6. The van der Waals surface area contributed by atoms with Crippen LogP contribution in [-0.4, -0.2) is 78.4 Å². The van der Waals surface area contributed by atoms with Crippen LogP contribution in [0.1, 0.15) is 97.5 Å². The van der Waals surface area contributed by atoms with Crippen molar-refractivity contribution in [3.8, 4) is 23.2 Å². The second-order valence-corrected chi connectivity index (χ2v) is 21.4. The molecule has 3 heterocycles. The molecule has 282 valence electrons. The lowest BCUT2D eigenvalue weighted by Gasteiger charge is -2.38. The summed E-state index contributed by atoms with van der Waals surface area (Å²) in [6.07, 6.45) is 4.18. The number of aromatic nitrogens is 3. The van der Waals surface area contributed by atoms with Gasteiger partial charge in [-0.2, -0.15) is 0 Å². The van der Waals surface area contributed by atoms with Crippen molar-refractivity contribution in [3.63, 3.8) is 0 Å². The van der Waals surface area contributed by atoms with E-state index in [1.165, 1.54) is 0 Å². The summed E-state index contributed by atoms with van der Waals surface area (Å²) >= 11 is 0. The van der Waals surface area contributed by atoms with Crippen LogP contribution in [0.3, 0.4) is 0 Å². The van der Waals surface area contributed by atoms with Gasteiger partial charge in [-0.3, -0.25) is 4.79 Å². The zero-order chi connectivity index (χ0) is 37.8. The van der Waals surface area contributed by atoms with Crippen molar-refractivity contribution in [2.45, 2.75) is 104 Å². The first-order valence-corrected chi connectivity index (χ1v) is 21.5. The number of benzene rings is 1. The van der Waals surface area contributed by atoms with Crippen molar-refractivity contribution in [2.24, 2.45) is 17.8 Å². The number of carbonyl (C=O) groups excluding carboxylic acids is 2. The van der Waals surface area contributed by atoms with Gasteiger partial charge in [-0.25, -0.2) is 9.78 Å². The van der Waals surface area contributed by atoms with Gasteiger partial charge in [0, 0.05) is 61.6 Å². The number of hydrogen-bond acceptors (Lipinski definition) is 9. The number of piperidine rings is 1. The summed E-state index contributed by atoms with van der Waals surface area (Å²) in [5.41, 5.74) is 1.85. The number of ether oxygens (including phenoxy) is 2. The molecule has 1 amide bonds. The number of likely N-dealkylation sites (tertiary alicyclic amines) is 1. The molecule has 5 rings (SSSR count). The molecule has 5 atom stereocenters. The Kier molecular flexibility index (Phi) is 12.1. The van der Waals surface area contributed by atoms with E-state index in [9.17, 15) is 9.59 Å². The number of nitrogens with zero attached hydrogens (tertiary/aromatic N) is 4. The van der Waals surface area contributed by atoms with E-state index >= 15 is 0 Å². The monoisotopic (exact) mass is 731 g/mol. The molecule has 1 saturated carbocycles. The molecule has 1 saturated heterocycles. The molecule has 0 spiro atoms. The van der Waals surface area contributed by atoms with Gasteiger partial charge in [0.15, 0.2) is 14.1 Å². The Bertz CT molecular complexity index is 1730. The lowest BCUT2D eigenvalue weighted by molar-refractivity contribution is -0.143. The molecule has 1 aliphatic heterocycles. The summed E-state index contributed by atoms with van der Waals surface area (Å²) in [6, 6.07) is 9.51. The van der Waals surface area contributed by atoms with Gasteiger partial charge in [-0.05, 0) is 102 Å². The third-order valence-electron chi connectivity index (χ3n) is 10.4. The molecule has 2 aromatic heterocycles. The van der Waals surface area contributed by atoms with Crippen LogP contribution in [0.4, 0.5) is 4.79 Å². The highest BCUT2D eigenvalue weighted by molar-refractivity contribution is 6.74. The summed E-state index contributed by atoms with van der Waals surface area (Å²) in [7, 11) is -2.10. The summed E-state index contributed by atoms with van der Waals surface area (Å²) < 4.78 is 25.2. The fourth-order valence-corrected chi connectivity index (χ4v) is 7.91. The van der Waals surface area contributed by atoms with Gasteiger partial charge < -0.3 is 33.2 Å². The number of rotatable bonds is 13. The number of carbonyl (C=O) groups is 2. The average Bonchev–Trinajstić information content (AvgIpc) is 3.55. The highest BCUT2D eigenvalue weighted by atomic mass is 28.4. The Labute approximate surface area is 310 Å². The molecule has 2 aliphatic rings. The zero-order valence-electron chi connectivity index (χ0n) is 32.6. The van der Waals surface area contributed by atoms with Crippen LogP contribution in [-0.2, 0) is 18.7 Å². The largest absolute Gasteiger partial charge is 0.466 e. The van der Waals surface area contributed by atoms with Gasteiger partial charge in [-0.1, -0.05) is 37.8 Å². The highest BCUT2D eigenvalue weighted by Gasteiger charge is 2.54. The number of esters is 1. The fraction of sp³-hybridized carbons (Fsp3) is 0.600. The first-order valence-electron chi connectivity index (χ1n) is 18.6. The molecule has 0 unspecified atom stereocenters. The van der Waals surface area contributed by atoms with Crippen molar-refractivity contribution >= 4 is 20.4 Å². The second-order valence-electron chi connectivity index (χ2n) is 16.6. The Morgan fingerprint density at radius 2 is 1.79 bits per heavy atom. The number of imidazole rings is 1. The van der Waals surface area contributed by atoms with Gasteiger partial charge in [0.2, 0.25) is 0 Å². The van der Waals surface area contributed by atoms with E-state index in [1.807, 2.05) is 75.7 Å². The first-order chi connectivity index (χ1) is 24.5. The van der Waals surface area contributed by atoms with E-state index in [0.717, 1.165) is 43.0 Å². The molecule has 1 N–H and O–H groups in total. The van der Waals surface area contributed by atoms with E-state index < -0.39 is 26.1 Å². The maximum atomic E-state index is 12.7. The Morgan fingerprint density at radius 1 is 1.10 bits per heavy atom. The second kappa shape index (κ2) is 16.0. The normalized spacial score (nSPS) is 20.0. The minimum Gasteiger partial charge on any atom is -0.466 e. The van der Waals surface area contributed by atoms with E-state index in [-0.39, 0.29) is 23.7 Å². The van der Waals surface area contributed by atoms with Gasteiger partial charge >= 0.3 is 12.1 Å². The maximum Gasteiger partial charge on any atom is 0.407 e. The highest BCUT2D eigenvalue weighted by Crippen LogP contribution is 2.51. The molecule has 0 bridgehead atoms. The maximum absolute atomic E-state index is 12.7. The van der Waals surface area contributed by atoms with Crippen LogP contribution in [0.5, 0.6) is 0 Å². The smallest absolute Gasteiger partial charge is 0.407 e. The van der Waals surface area contributed by atoms with E-state index in [2.05, 4.69) is 61.1 Å². The average molecular weight is 732 g/mol. The quantitative estimate of drug-likeness (QED) is 0.108. The van der Waals surface area contributed by atoms with Crippen molar-refractivity contribution in [1.29, 1.82) is 0 Å². The lowest BCUT2D eigenvalue weighted by Crippen LogP contribution is -2.42. The number of hydrogen-bond donors (Lipinski definition) is 1. The number of amides is 1. The Hall–Kier alpha value is -3.92. The Morgan fingerprint density at radius 3 is 2.42 bits per heavy atom. The van der Waals surface area contributed by atoms with Crippen LogP contribution >= 0.6 is 0 Å². The SMILES string of the molecule is CCOC(=O)CCCN1C[C@@H]2[C@H](C#Cc3ccc(-c4cc([C@@H](CNC(=O)OC(C)(C)C)n5ccnc5[C@H](C)O[Si](C)(C)C(C)(C)C)no4)cc3)[C@@H]2C1. The molecule has 2 fully saturated rings. The van der Waals surface area contributed by atoms with E-state index in [4.69, 9.17) is 23.4 Å². The van der Waals surface area contributed by atoms with Crippen LogP contribution < -0.4 is 5.32 Å². The molecule has 1 aromatic carbocycles. The van der Waals surface area contributed by atoms with Crippen LogP contribution in [0, 0.1) is 29.6 Å². The predicted octanol–water partition coefficient (Wildman–Crippen LogP) is 7.61. The number of alkyl carbamates (subject to hydrolysis) is 1.